The largest absolute Gasteiger partial charge is 0.633 e. The fourth-order valence-corrected chi connectivity index (χ4v) is 8.18. The zero-order valence-corrected chi connectivity index (χ0v) is 36.0. The molecule has 2 N–H and O–H groups in total. The summed E-state index contributed by atoms with van der Waals surface area (Å²) in [6.07, 6.45) is 21.3. The van der Waals surface area contributed by atoms with Crippen molar-refractivity contribution in [3.63, 3.8) is 0 Å². The molecule has 0 saturated heterocycles. The second-order valence-electron chi connectivity index (χ2n) is 15.6. The summed E-state index contributed by atoms with van der Waals surface area (Å²) >= 11 is 19.0. The van der Waals surface area contributed by atoms with E-state index < -0.39 is 12.7 Å². The van der Waals surface area contributed by atoms with Crippen LogP contribution in [0.1, 0.15) is 132 Å². The molecule has 4 aromatic carbocycles. The Morgan fingerprint density at radius 3 is 1.36 bits per heavy atom. The van der Waals surface area contributed by atoms with Gasteiger partial charge in [-0.25, -0.2) is 0 Å². The quantitative estimate of drug-likeness (QED) is 0.0303. The maximum Gasteiger partial charge on any atom is 0.633 e. The Morgan fingerprint density at radius 2 is 0.964 bits per heavy atom. The van der Waals surface area contributed by atoms with Gasteiger partial charge in [0.25, 0.3) is 0 Å². The molecule has 0 atom stereocenters. The molecule has 0 aliphatic heterocycles. The van der Waals surface area contributed by atoms with Crippen LogP contribution in [0.4, 0.5) is 0 Å². The van der Waals surface area contributed by atoms with Gasteiger partial charge in [-0.3, -0.25) is 0 Å². The first-order chi connectivity index (χ1) is 26.6. The van der Waals surface area contributed by atoms with Crippen molar-refractivity contribution in [2.75, 3.05) is 27.2 Å². The van der Waals surface area contributed by atoms with Crippen molar-refractivity contribution < 1.29 is 19.2 Å². The topological polar surface area (TPSA) is 49.7 Å². The summed E-state index contributed by atoms with van der Waals surface area (Å²) in [7, 11) is 2.94. The lowest BCUT2D eigenvalue weighted by Crippen LogP contribution is -2.39. The molecule has 0 aromatic heterocycles. The molecular formula is C47H66BCl3NO3+. The van der Waals surface area contributed by atoms with Crippen LogP contribution in [0, 0.1) is 0 Å². The van der Waals surface area contributed by atoms with Crippen molar-refractivity contribution in [3.05, 3.63) is 140 Å². The van der Waals surface area contributed by atoms with Crippen LogP contribution in [-0.2, 0) is 16.6 Å². The molecule has 4 nitrogen and oxygen atoms in total. The summed E-state index contributed by atoms with van der Waals surface area (Å²) in [4.78, 5) is 0. The number of hydrogen-bond donors (Lipinski definition) is 2. The number of unbranched alkanes of at least 4 members (excludes halogenated alkanes) is 13. The second-order valence-corrected chi connectivity index (χ2v) is 16.9. The summed E-state index contributed by atoms with van der Waals surface area (Å²) in [6, 6.07) is 34.0. The fraction of sp³-hybridized carbons (Fsp3) is 0.489. The molecule has 0 aliphatic carbocycles. The Hall–Kier alpha value is -2.35. The minimum absolute atomic E-state index is 0.182. The first-order valence-electron chi connectivity index (χ1n) is 20.7. The normalized spacial score (nSPS) is 11.6. The molecule has 4 aromatic rings. The van der Waals surface area contributed by atoms with Gasteiger partial charge in [-0.1, -0.05) is 186 Å². The first-order valence-corrected chi connectivity index (χ1v) is 21.8. The number of rotatable bonds is 25. The minimum Gasteiger partial charge on any atom is -0.402 e. The predicted molar refractivity (Wildman–Crippen MR) is 237 cm³/mol. The van der Waals surface area contributed by atoms with Crippen LogP contribution in [0.2, 0.25) is 15.1 Å². The van der Waals surface area contributed by atoms with Gasteiger partial charge in [0, 0.05) is 32.7 Å². The lowest BCUT2D eigenvalue weighted by molar-refractivity contribution is -0.903. The molecule has 0 aliphatic rings. The highest BCUT2D eigenvalue weighted by molar-refractivity contribution is 6.32. The molecule has 0 unspecified atom stereocenters. The van der Waals surface area contributed by atoms with Gasteiger partial charge in [-0.05, 0) is 78.8 Å². The van der Waals surface area contributed by atoms with E-state index in [1.54, 1.807) is 0 Å². The average molecular weight is 810 g/mol. The third-order valence-corrected chi connectivity index (χ3v) is 11.2. The number of halogens is 3. The second kappa shape index (κ2) is 26.6. The summed E-state index contributed by atoms with van der Waals surface area (Å²) in [6.45, 7) is 4.93. The molecule has 0 fully saturated rings. The van der Waals surface area contributed by atoms with E-state index in [1.807, 2.05) is 72.8 Å². The van der Waals surface area contributed by atoms with Crippen LogP contribution < -0.4 is 0 Å². The van der Waals surface area contributed by atoms with Crippen molar-refractivity contribution >= 4 is 42.1 Å². The van der Waals surface area contributed by atoms with Crippen LogP contribution in [-0.4, -0.2) is 49.1 Å². The Morgan fingerprint density at radius 1 is 0.545 bits per heavy atom. The van der Waals surface area contributed by atoms with Crippen molar-refractivity contribution in [2.24, 2.45) is 0 Å². The molecule has 0 heterocycles. The average Bonchev–Trinajstić information content (AvgIpc) is 3.15. The highest BCUT2D eigenvalue weighted by Crippen LogP contribution is 2.45. The maximum atomic E-state index is 9.02. The van der Waals surface area contributed by atoms with Gasteiger partial charge in [-0.2, -0.15) is 0 Å². The summed E-state index contributed by atoms with van der Waals surface area (Å²) in [5, 5.41) is 19.9. The van der Waals surface area contributed by atoms with E-state index in [9.17, 15) is 0 Å². The monoisotopic (exact) mass is 808 g/mol. The van der Waals surface area contributed by atoms with Gasteiger partial charge in [0.1, 0.15) is 6.54 Å². The van der Waals surface area contributed by atoms with Gasteiger partial charge in [0.15, 0.2) is 0 Å². The van der Waals surface area contributed by atoms with Crippen molar-refractivity contribution in [2.45, 2.75) is 122 Å². The zero-order chi connectivity index (χ0) is 39.8. The van der Waals surface area contributed by atoms with E-state index in [0.29, 0.717) is 27.9 Å². The molecule has 8 heteroatoms. The van der Waals surface area contributed by atoms with Gasteiger partial charge in [0.2, 0.25) is 0 Å². The maximum absolute atomic E-state index is 9.02. The van der Waals surface area contributed by atoms with Crippen molar-refractivity contribution in [1.29, 1.82) is 0 Å². The van der Waals surface area contributed by atoms with E-state index in [0.717, 1.165) is 27.7 Å². The molecular weight excluding hydrogens is 744 g/mol. The first kappa shape index (κ1) is 47.0. The van der Waals surface area contributed by atoms with Crippen LogP contribution in [0.25, 0.3) is 0 Å². The Bertz CT molecular complexity index is 1490. The molecule has 0 saturated carbocycles. The SMILES string of the molecule is CCCCCCCCCCCCCCCC[N+](C)(C)Cc1ccccc1.OB(O)OCCCC(c1cccc(Cl)c1)(c1cccc(Cl)c1)c1cccc(Cl)c1. The molecule has 0 spiro atoms. The van der Waals surface area contributed by atoms with Crippen LogP contribution >= 0.6 is 34.8 Å². The van der Waals surface area contributed by atoms with E-state index in [1.165, 1.54) is 102 Å². The van der Waals surface area contributed by atoms with Gasteiger partial charge in [-0.15, -0.1) is 0 Å². The van der Waals surface area contributed by atoms with Gasteiger partial charge in [0.05, 0.1) is 20.6 Å². The van der Waals surface area contributed by atoms with Gasteiger partial charge >= 0.3 is 7.32 Å². The van der Waals surface area contributed by atoms with E-state index in [4.69, 9.17) is 49.5 Å². The molecule has 4 rings (SSSR count). The van der Waals surface area contributed by atoms with E-state index in [-0.39, 0.29) is 6.61 Å². The summed E-state index contributed by atoms with van der Waals surface area (Å²) < 4.78 is 6.06. The summed E-state index contributed by atoms with van der Waals surface area (Å²) in [5.41, 5.74) is 3.81. The van der Waals surface area contributed by atoms with Crippen molar-refractivity contribution in [1.82, 2.24) is 0 Å². The number of hydrogen-bond acceptors (Lipinski definition) is 3. The third kappa shape index (κ3) is 18.2. The number of quaternary nitrogens is 1. The lowest BCUT2D eigenvalue weighted by atomic mass is 9.67. The minimum atomic E-state index is -1.80. The molecule has 0 radical (unpaired) electrons. The highest BCUT2D eigenvalue weighted by atomic mass is 35.5. The molecule has 300 valence electrons. The van der Waals surface area contributed by atoms with E-state index >= 15 is 0 Å². The standard InChI is InChI=1S/C25H46N.C22H20BCl3O3/c1-4-5-6-7-8-9-10-11-12-13-14-15-16-20-23-26(2,3)24-25-21-18-17-19-22-25;24-19-8-1-5-16(13-19)22(11-4-12-29-23(27)28,17-6-2-9-20(25)14-17)18-7-3-10-21(26)15-18/h17-19,21-22H,4-16,20,23-24H2,1-3H3;1-3,5-10,13-15,27-28H,4,11-12H2/q+1;. The van der Waals surface area contributed by atoms with E-state index in [2.05, 4.69) is 51.4 Å². The number of benzene rings is 4. The number of nitrogens with zero attached hydrogens (tertiary/aromatic N) is 1. The molecule has 55 heavy (non-hydrogen) atoms. The lowest BCUT2D eigenvalue weighted by Gasteiger charge is -2.36. The fourth-order valence-electron chi connectivity index (χ4n) is 7.61. The Kier molecular flexibility index (Phi) is 22.7. The zero-order valence-electron chi connectivity index (χ0n) is 33.7. The van der Waals surface area contributed by atoms with Crippen LogP contribution in [0.15, 0.2) is 103 Å². The van der Waals surface area contributed by atoms with Crippen LogP contribution in [0.5, 0.6) is 0 Å². The molecule has 0 bridgehead atoms. The molecule has 0 amide bonds. The van der Waals surface area contributed by atoms with Gasteiger partial charge < -0.3 is 19.2 Å². The Balaban J connectivity index is 0.000000298. The predicted octanol–water partition coefficient (Wildman–Crippen LogP) is 13.5. The summed E-state index contributed by atoms with van der Waals surface area (Å²) in [5.74, 6) is 0. The van der Waals surface area contributed by atoms with Crippen molar-refractivity contribution in [3.8, 4) is 0 Å². The third-order valence-electron chi connectivity index (χ3n) is 10.5. The smallest absolute Gasteiger partial charge is 0.402 e. The highest BCUT2D eigenvalue weighted by Gasteiger charge is 2.36. The van der Waals surface area contributed by atoms with Crippen LogP contribution in [0.3, 0.4) is 0 Å². The Labute approximate surface area is 349 Å².